The minimum atomic E-state index is -2.93. The molecule has 0 radical (unpaired) electrons. The molecule has 21 heavy (non-hydrogen) atoms. The molecular weight excluding hydrogens is 294 g/mol. The van der Waals surface area contributed by atoms with Crippen molar-refractivity contribution in [1.29, 1.82) is 0 Å². The first-order valence-electron chi connectivity index (χ1n) is 7.51. The lowest BCUT2D eigenvalue weighted by atomic mass is 9.96. The Morgan fingerprint density at radius 3 is 2.57 bits per heavy atom. The van der Waals surface area contributed by atoms with Crippen LogP contribution in [0, 0.1) is 11.8 Å². The van der Waals surface area contributed by atoms with E-state index in [0.29, 0.717) is 25.3 Å². The van der Waals surface area contributed by atoms with Crippen LogP contribution in [-0.2, 0) is 19.4 Å². The van der Waals surface area contributed by atoms with Crippen LogP contribution in [0.15, 0.2) is 0 Å². The fourth-order valence-electron chi connectivity index (χ4n) is 2.66. The quantitative estimate of drug-likeness (QED) is 0.665. The van der Waals surface area contributed by atoms with Gasteiger partial charge < -0.3 is 10.4 Å². The molecule has 122 valence electrons. The van der Waals surface area contributed by atoms with Crippen molar-refractivity contribution < 1.29 is 23.1 Å². The first kappa shape index (κ1) is 17.9. The molecule has 0 spiro atoms. The van der Waals surface area contributed by atoms with Crippen LogP contribution in [0.1, 0.15) is 45.4 Å². The average Bonchev–Trinajstić information content (AvgIpc) is 2.72. The summed E-state index contributed by atoms with van der Waals surface area (Å²) in [7, 11) is -2.93. The third-order valence-electron chi connectivity index (χ3n) is 4.02. The molecule has 2 atom stereocenters. The van der Waals surface area contributed by atoms with E-state index in [4.69, 9.17) is 5.11 Å². The summed E-state index contributed by atoms with van der Waals surface area (Å²) in [5.74, 6) is -0.336. The number of carbonyl (C=O) groups excluding carboxylic acids is 1. The first-order valence-corrected chi connectivity index (χ1v) is 9.33. The lowest BCUT2D eigenvalue weighted by Gasteiger charge is -2.14. The summed E-state index contributed by atoms with van der Waals surface area (Å²) in [4.78, 5) is 22.3. The third-order valence-corrected chi connectivity index (χ3v) is 5.86. The van der Waals surface area contributed by atoms with Crippen LogP contribution >= 0.6 is 0 Å². The maximum Gasteiger partial charge on any atom is 0.303 e. The maximum absolute atomic E-state index is 11.7. The van der Waals surface area contributed by atoms with Crippen LogP contribution in [0.3, 0.4) is 0 Å². The highest BCUT2D eigenvalue weighted by Gasteiger charge is 2.29. The van der Waals surface area contributed by atoms with Crippen molar-refractivity contribution >= 4 is 21.7 Å². The number of hydrogen-bond donors (Lipinski definition) is 2. The van der Waals surface area contributed by atoms with Crippen LogP contribution in [0.2, 0.25) is 0 Å². The molecule has 2 N–H and O–H groups in total. The minimum Gasteiger partial charge on any atom is -0.481 e. The van der Waals surface area contributed by atoms with E-state index < -0.39 is 15.8 Å². The van der Waals surface area contributed by atoms with E-state index in [2.05, 4.69) is 5.32 Å². The number of carbonyl (C=O) groups is 2. The molecule has 6 nitrogen and oxygen atoms in total. The fraction of sp³-hybridized carbons (Fsp3) is 0.857. The smallest absolute Gasteiger partial charge is 0.303 e. The van der Waals surface area contributed by atoms with E-state index in [1.54, 1.807) is 0 Å². The first-order chi connectivity index (χ1) is 9.82. The summed E-state index contributed by atoms with van der Waals surface area (Å²) in [6.45, 7) is 2.54. The summed E-state index contributed by atoms with van der Waals surface area (Å²) in [5, 5.41) is 11.5. The molecule has 7 heteroatoms. The van der Waals surface area contributed by atoms with E-state index in [1.165, 1.54) is 0 Å². The molecule has 1 heterocycles. The summed E-state index contributed by atoms with van der Waals surface area (Å²) in [6, 6.07) is 0. The van der Waals surface area contributed by atoms with E-state index in [9.17, 15) is 18.0 Å². The Kier molecular flexibility index (Phi) is 7.14. The normalized spacial score (nSPS) is 21.9. The highest BCUT2D eigenvalue weighted by atomic mass is 32.2. The number of carboxylic acid groups (broad SMARTS) is 1. The van der Waals surface area contributed by atoms with Crippen molar-refractivity contribution in [1.82, 2.24) is 5.32 Å². The molecule has 2 unspecified atom stereocenters. The second-order valence-electron chi connectivity index (χ2n) is 5.82. The molecule has 0 aromatic carbocycles. The van der Waals surface area contributed by atoms with Crippen molar-refractivity contribution in [2.75, 3.05) is 18.1 Å². The molecule has 0 bridgehead atoms. The second kappa shape index (κ2) is 8.36. The zero-order valence-electron chi connectivity index (χ0n) is 12.5. The van der Waals surface area contributed by atoms with Gasteiger partial charge in [0.2, 0.25) is 5.91 Å². The highest BCUT2D eigenvalue weighted by molar-refractivity contribution is 7.91. The average molecular weight is 319 g/mol. The molecule has 0 saturated carbocycles. The summed E-state index contributed by atoms with van der Waals surface area (Å²) < 4.78 is 22.6. The van der Waals surface area contributed by atoms with Crippen LogP contribution in [0.25, 0.3) is 0 Å². The molecule has 1 fully saturated rings. The molecule has 1 amide bonds. The van der Waals surface area contributed by atoms with Crippen molar-refractivity contribution in [2.45, 2.75) is 45.4 Å². The number of nitrogens with one attached hydrogen (secondary N) is 1. The van der Waals surface area contributed by atoms with Gasteiger partial charge in [-0.15, -0.1) is 0 Å². The molecule has 1 rings (SSSR count). The second-order valence-corrected chi connectivity index (χ2v) is 8.05. The van der Waals surface area contributed by atoms with Crippen molar-refractivity contribution in [3.63, 3.8) is 0 Å². The van der Waals surface area contributed by atoms with E-state index in [1.807, 2.05) is 6.92 Å². The van der Waals surface area contributed by atoms with Crippen molar-refractivity contribution in [2.24, 2.45) is 11.8 Å². The number of carboxylic acids is 1. The van der Waals surface area contributed by atoms with Crippen LogP contribution < -0.4 is 5.32 Å². The molecule has 0 aliphatic carbocycles. The molecule has 1 aliphatic heterocycles. The van der Waals surface area contributed by atoms with Gasteiger partial charge in [-0.2, -0.15) is 0 Å². The van der Waals surface area contributed by atoms with Gasteiger partial charge in [-0.25, -0.2) is 8.42 Å². The molecular formula is C14H25NO5S. The largest absolute Gasteiger partial charge is 0.481 e. The Hall–Kier alpha value is -1.11. The standard InChI is InChI=1S/C14H25NO5S/c1-2-11(3-4-14(17)18)5-7-15-13(16)9-12-6-8-21(19,20)10-12/h11-12H,2-10H2,1H3,(H,15,16)(H,17,18). The molecule has 1 saturated heterocycles. The van der Waals surface area contributed by atoms with E-state index >= 15 is 0 Å². The van der Waals surface area contributed by atoms with Gasteiger partial charge in [0.1, 0.15) is 0 Å². The Morgan fingerprint density at radius 1 is 1.33 bits per heavy atom. The zero-order valence-corrected chi connectivity index (χ0v) is 13.3. The van der Waals surface area contributed by atoms with Gasteiger partial charge in [0, 0.05) is 19.4 Å². The number of aliphatic carboxylic acids is 1. The highest BCUT2D eigenvalue weighted by Crippen LogP contribution is 2.21. The Labute approximate surface area is 126 Å². The van der Waals surface area contributed by atoms with Gasteiger partial charge in [0.25, 0.3) is 0 Å². The van der Waals surface area contributed by atoms with E-state index in [0.717, 1.165) is 12.8 Å². The monoisotopic (exact) mass is 319 g/mol. The Balaban J connectivity index is 2.19. The number of rotatable bonds is 9. The third kappa shape index (κ3) is 7.45. The van der Waals surface area contributed by atoms with Crippen molar-refractivity contribution in [3.05, 3.63) is 0 Å². The minimum absolute atomic E-state index is 0.0519. The lowest BCUT2D eigenvalue weighted by Crippen LogP contribution is -2.28. The fourth-order valence-corrected chi connectivity index (χ4v) is 4.53. The van der Waals surface area contributed by atoms with E-state index in [-0.39, 0.29) is 36.2 Å². The van der Waals surface area contributed by atoms with Crippen LogP contribution in [0.5, 0.6) is 0 Å². The predicted molar refractivity (Wildman–Crippen MR) is 79.7 cm³/mol. The summed E-state index contributed by atoms with van der Waals surface area (Å²) >= 11 is 0. The SMILES string of the molecule is CCC(CCNC(=O)CC1CCS(=O)(=O)C1)CCC(=O)O. The van der Waals surface area contributed by atoms with Gasteiger partial charge in [-0.05, 0) is 31.1 Å². The van der Waals surface area contributed by atoms with Gasteiger partial charge in [-0.1, -0.05) is 13.3 Å². The zero-order chi connectivity index (χ0) is 15.9. The molecule has 0 aromatic rings. The van der Waals surface area contributed by atoms with Gasteiger partial charge in [0.05, 0.1) is 11.5 Å². The van der Waals surface area contributed by atoms with Crippen LogP contribution in [0.4, 0.5) is 0 Å². The molecule has 0 aromatic heterocycles. The topological polar surface area (TPSA) is 101 Å². The van der Waals surface area contributed by atoms with Crippen molar-refractivity contribution in [3.8, 4) is 0 Å². The van der Waals surface area contributed by atoms with Gasteiger partial charge >= 0.3 is 5.97 Å². The number of hydrogen-bond acceptors (Lipinski definition) is 4. The van der Waals surface area contributed by atoms with Gasteiger partial charge in [0.15, 0.2) is 9.84 Å². The lowest BCUT2D eigenvalue weighted by molar-refractivity contribution is -0.137. The Morgan fingerprint density at radius 2 is 2.05 bits per heavy atom. The number of amides is 1. The van der Waals surface area contributed by atoms with Crippen LogP contribution in [-0.4, -0.2) is 43.5 Å². The summed E-state index contributed by atoms with van der Waals surface area (Å²) in [6.07, 6.45) is 3.29. The summed E-state index contributed by atoms with van der Waals surface area (Å²) in [5.41, 5.74) is 0. The number of sulfone groups is 1. The Bertz CT molecular complexity index is 460. The predicted octanol–water partition coefficient (Wildman–Crippen LogP) is 1.21. The maximum atomic E-state index is 11.7. The van der Waals surface area contributed by atoms with Gasteiger partial charge in [-0.3, -0.25) is 9.59 Å². The molecule has 1 aliphatic rings.